The molecule has 0 bridgehead atoms. The van der Waals surface area contributed by atoms with Gasteiger partial charge >= 0.3 is 0 Å². The molecule has 1 heterocycles. The van der Waals surface area contributed by atoms with Crippen molar-refractivity contribution in [3.63, 3.8) is 0 Å². The molecule has 0 aromatic heterocycles. The first-order valence-electron chi connectivity index (χ1n) is 9.67. The quantitative estimate of drug-likeness (QED) is 0.748. The van der Waals surface area contributed by atoms with E-state index in [1.54, 1.807) is 18.2 Å². The smallest absolute Gasteiger partial charge is 0.255 e. The molecule has 2 amide bonds. The first-order chi connectivity index (χ1) is 13.8. The standard InChI is InChI=1S/C22H25Cl2N3O2/c1-14(2)22(29)27-10-8-26(9-11-27)20-7-6-17(13-19(20)24)25-21(28)16-5-4-15(3)18(23)12-16/h4-7,12-14H,8-11H2,1-3H3,(H,25,28). The van der Waals surface area contributed by atoms with Crippen LogP contribution in [0.15, 0.2) is 36.4 Å². The molecule has 1 saturated heterocycles. The molecule has 0 unspecified atom stereocenters. The van der Waals surface area contributed by atoms with Gasteiger partial charge in [0.2, 0.25) is 5.91 Å². The summed E-state index contributed by atoms with van der Waals surface area (Å²) in [5.74, 6) is -0.0435. The third-order valence-electron chi connectivity index (χ3n) is 5.07. The zero-order valence-electron chi connectivity index (χ0n) is 16.8. The number of benzene rings is 2. The van der Waals surface area contributed by atoms with E-state index < -0.39 is 0 Å². The fraction of sp³-hybridized carbons (Fsp3) is 0.364. The van der Waals surface area contributed by atoms with Crippen molar-refractivity contribution in [2.24, 2.45) is 5.92 Å². The summed E-state index contributed by atoms with van der Waals surface area (Å²) in [4.78, 5) is 28.7. The number of halogens is 2. The average Bonchev–Trinajstić information content (AvgIpc) is 2.69. The molecule has 1 aliphatic rings. The Morgan fingerprint density at radius 2 is 1.66 bits per heavy atom. The highest BCUT2D eigenvalue weighted by molar-refractivity contribution is 6.33. The van der Waals surface area contributed by atoms with Gasteiger partial charge in [0.05, 0.1) is 10.7 Å². The number of nitrogens with one attached hydrogen (secondary N) is 1. The van der Waals surface area contributed by atoms with Crippen LogP contribution < -0.4 is 10.2 Å². The number of hydrogen-bond donors (Lipinski definition) is 1. The molecule has 29 heavy (non-hydrogen) atoms. The van der Waals surface area contributed by atoms with Crippen LogP contribution in [-0.4, -0.2) is 42.9 Å². The number of piperazine rings is 1. The molecule has 0 atom stereocenters. The lowest BCUT2D eigenvalue weighted by atomic mass is 10.1. The fourth-order valence-electron chi connectivity index (χ4n) is 3.31. The molecule has 0 aliphatic carbocycles. The van der Waals surface area contributed by atoms with Gasteiger partial charge in [0.1, 0.15) is 0 Å². The van der Waals surface area contributed by atoms with Crippen molar-refractivity contribution in [2.75, 3.05) is 36.4 Å². The average molecular weight is 434 g/mol. The van der Waals surface area contributed by atoms with Crippen LogP contribution in [0, 0.1) is 12.8 Å². The number of carbonyl (C=O) groups is 2. The minimum Gasteiger partial charge on any atom is -0.367 e. The van der Waals surface area contributed by atoms with Crippen LogP contribution in [0.1, 0.15) is 29.8 Å². The number of nitrogens with zero attached hydrogens (tertiary/aromatic N) is 2. The third-order valence-corrected chi connectivity index (χ3v) is 5.78. The van der Waals surface area contributed by atoms with Gasteiger partial charge in [-0.25, -0.2) is 0 Å². The van der Waals surface area contributed by atoms with E-state index in [4.69, 9.17) is 23.2 Å². The fourth-order valence-corrected chi connectivity index (χ4v) is 3.79. The second kappa shape index (κ2) is 9.06. The Hall–Kier alpha value is -2.24. The van der Waals surface area contributed by atoms with Crippen LogP contribution in [0.3, 0.4) is 0 Å². The van der Waals surface area contributed by atoms with Gasteiger partial charge in [-0.15, -0.1) is 0 Å². The molecular formula is C22H25Cl2N3O2. The first-order valence-corrected chi connectivity index (χ1v) is 10.4. The molecule has 3 rings (SSSR count). The van der Waals surface area contributed by atoms with E-state index in [0.29, 0.717) is 34.4 Å². The summed E-state index contributed by atoms with van der Waals surface area (Å²) >= 11 is 12.6. The van der Waals surface area contributed by atoms with Gasteiger partial charge in [-0.1, -0.05) is 43.1 Å². The lowest BCUT2D eigenvalue weighted by Crippen LogP contribution is -2.50. The maximum absolute atomic E-state index is 12.5. The Morgan fingerprint density at radius 3 is 2.24 bits per heavy atom. The molecule has 2 aromatic rings. The van der Waals surface area contributed by atoms with Gasteiger partial charge in [0, 0.05) is 48.4 Å². The predicted octanol–water partition coefficient (Wildman–Crippen LogP) is 4.86. The molecule has 0 radical (unpaired) electrons. The summed E-state index contributed by atoms with van der Waals surface area (Å²) in [5.41, 5.74) is 2.94. The van der Waals surface area contributed by atoms with E-state index in [1.165, 1.54) is 0 Å². The second-order valence-electron chi connectivity index (χ2n) is 7.55. The number of hydrogen-bond acceptors (Lipinski definition) is 3. The van der Waals surface area contributed by atoms with Crippen LogP contribution in [0.5, 0.6) is 0 Å². The number of amides is 2. The van der Waals surface area contributed by atoms with E-state index in [-0.39, 0.29) is 17.7 Å². The van der Waals surface area contributed by atoms with Gasteiger partial charge in [-0.05, 0) is 42.8 Å². The zero-order chi connectivity index (χ0) is 21.1. The molecule has 2 aromatic carbocycles. The molecule has 1 N–H and O–H groups in total. The summed E-state index contributed by atoms with van der Waals surface area (Å²) < 4.78 is 0. The van der Waals surface area contributed by atoms with E-state index in [9.17, 15) is 9.59 Å². The molecule has 0 spiro atoms. The Kier molecular flexibility index (Phi) is 6.70. The predicted molar refractivity (Wildman–Crippen MR) is 119 cm³/mol. The minimum absolute atomic E-state index is 0.0106. The number of carbonyl (C=O) groups excluding carboxylic acids is 2. The van der Waals surface area contributed by atoms with Crippen LogP contribution in [0.2, 0.25) is 10.0 Å². The Labute approximate surface area is 181 Å². The van der Waals surface area contributed by atoms with Crippen molar-refractivity contribution in [3.8, 4) is 0 Å². The van der Waals surface area contributed by atoms with Crippen molar-refractivity contribution < 1.29 is 9.59 Å². The van der Waals surface area contributed by atoms with Crippen LogP contribution in [0.4, 0.5) is 11.4 Å². The lowest BCUT2D eigenvalue weighted by molar-refractivity contribution is -0.134. The van der Waals surface area contributed by atoms with E-state index >= 15 is 0 Å². The summed E-state index contributed by atoms with van der Waals surface area (Å²) in [6, 6.07) is 10.7. The Bertz CT molecular complexity index is 922. The van der Waals surface area contributed by atoms with Gasteiger partial charge in [-0.3, -0.25) is 9.59 Å². The highest BCUT2D eigenvalue weighted by Gasteiger charge is 2.24. The van der Waals surface area contributed by atoms with E-state index in [1.807, 2.05) is 43.9 Å². The van der Waals surface area contributed by atoms with Gasteiger partial charge in [-0.2, -0.15) is 0 Å². The number of anilines is 2. The molecular weight excluding hydrogens is 409 g/mol. The van der Waals surface area contributed by atoms with Crippen LogP contribution >= 0.6 is 23.2 Å². The van der Waals surface area contributed by atoms with Crippen LogP contribution in [0.25, 0.3) is 0 Å². The van der Waals surface area contributed by atoms with Gasteiger partial charge < -0.3 is 15.1 Å². The summed E-state index contributed by atoms with van der Waals surface area (Å²) in [6.45, 7) is 8.55. The number of aryl methyl sites for hydroxylation is 1. The number of rotatable bonds is 4. The highest BCUT2D eigenvalue weighted by Crippen LogP contribution is 2.30. The molecule has 7 heteroatoms. The normalized spacial score (nSPS) is 14.3. The maximum Gasteiger partial charge on any atom is 0.255 e. The zero-order valence-corrected chi connectivity index (χ0v) is 18.3. The monoisotopic (exact) mass is 433 g/mol. The van der Waals surface area contributed by atoms with Crippen molar-refractivity contribution in [1.82, 2.24) is 4.90 Å². The largest absolute Gasteiger partial charge is 0.367 e. The van der Waals surface area contributed by atoms with Crippen molar-refractivity contribution in [3.05, 3.63) is 57.6 Å². The molecule has 1 fully saturated rings. The van der Waals surface area contributed by atoms with Crippen molar-refractivity contribution in [2.45, 2.75) is 20.8 Å². The Balaban J connectivity index is 1.65. The molecule has 154 valence electrons. The lowest BCUT2D eigenvalue weighted by Gasteiger charge is -2.37. The maximum atomic E-state index is 12.5. The summed E-state index contributed by atoms with van der Waals surface area (Å²) in [5, 5.41) is 3.98. The molecule has 5 nitrogen and oxygen atoms in total. The van der Waals surface area contributed by atoms with Crippen molar-refractivity contribution >= 4 is 46.4 Å². The SMILES string of the molecule is Cc1ccc(C(=O)Nc2ccc(N3CCN(C(=O)C(C)C)CC3)c(Cl)c2)cc1Cl. The second-order valence-corrected chi connectivity index (χ2v) is 8.37. The Morgan fingerprint density at radius 1 is 0.966 bits per heavy atom. The van der Waals surface area contributed by atoms with E-state index in [0.717, 1.165) is 24.3 Å². The summed E-state index contributed by atoms with van der Waals surface area (Å²) in [6.07, 6.45) is 0. The third kappa shape index (κ3) is 5.03. The van der Waals surface area contributed by atoms with Gasteiger partial charge in [0.15, 0.2) is 0 Å². The van der Waals surface area contributed by atoms with Gasteiger partial charge in [0.25, 0.3) is 5.91 Å². The van der Waals surface area contributed by atoms with Crippen molar-refractivity contribution in [1.29, 1.82) is 0 Å². The van der Waals surface area contributed by atoms with Crippen LogP contribution in [-0.2, 0) is 4.79 Å². The summed E-state index contributed by atoms with van der Waals surface area (Å²) in [7, 11) is 0. The molecule has 1 aliphatic heterocycles. The van der Waals surface area contributed by atoms with E-state index in [2.05, 4.69) is 10.2 Å². The topological polar surface area (TPSA) is 52.7 Å². The minimum atomic E-state index is -0.239. The first kappa shape index (κ1) is 21.5. The highest BCUT2D eigenvalue weighted by atomic mass is 35.5. The molecule has 0 saturated carbocycles.